The average molecular weight is 963 g/mol. The molecule has 0 saturated carbocycles. The van der Waals surface area contributed by atoms with E-state index in [9.17, 15) is 0 Å². The van der Waals surface area contributed by atoms with E-state index in [0.29, 0.717) is 0 Å². The van der Waals surface area contributed by atoms with Crippen molar-refractivity contribution >= 4 is 88.8 Å². The van der Waals surface area contributed by atoms with Crippen molar-refractivity contribution in [2.45, 2.75) is 80.1 Å². The molecule has 0 unspecified atom stereocenters. The zero-order chi connectivity index (χ0) is 51.2. The number of fused-ring (bicyclic) bond motifs is 11. The van der Waals surface area contributed by atoms with Crippen LogP contribution in [0.1, 0.15) is 88.8 Å². The number of benzene rings is 10. The minimum atomic E-state index is -0.288. The first-order valence-electron chi connectivity index (χ1n) is 26.5. The number of anilines is 6. The largest absolute Gasteiger partial charge is 0.454 e. The van der Waals surface area contributed by atoms with Gasteiger partial charge in [-0.1, -0.05) is 183 Å². The summed E-state index contributed by atoms with van der Waals surface area (Å²) in [5, 5.41) is 7.03. The number of aryl methyl sites for hydroxylation is 2. The van der Waals surface area contributed by atoms with Crippen molar-refractivity contribution in [3.8, 4) is 22.3 Å². The summed E-state index contributed by atoms with van der Waals surface area (Å²) < 4.78 is 13.6. The van der Waals surface area contributed by atoms with E-state index in [2.05, 4.69) is 245 Å². The maximum atomic E-state index is 6.85. The van der Waals surface area contributed by atoms with Gasteiger partial charge in [0.1, 0.15) is 11.2 Å². The third-order valence-corrected chi connectivity index (χ3v) is 15.9. The molecule has 0 fully saturated rings. The molecule has 364 valence electrons. The fourth-order valence-corrected chi connectivity index (χ4v) is 12.4. The highest BCUT2D eigenvalue weighted by Gasteiger charge is 2.41. The molecule has 0 amide bonds. The van der Waals surface area contributed by atoms with Gasteiger partial charge in [0.05, 0.1) is 17.1 Å². The van der Waals surface area contributed by atoms with Crippen LogP contribution in [-0.2, 0) is 10.8 Å². The molecule has 0 atom stereocenters. The van der Waals surface area contributed by atoms with E-state index in [4.69, 9.17) is 8.83 Å². The van der Waals surface area contributed by atoms with Gasteiger partial charge in [0.15, 0.2) is 11.2 Å². The molecule has 2 heterocycles. The smallest absolute Gasteiger partial charge is 0.159 e. The summed E-state index contributed by atoms with van der Waals surface area (Å²) in [6.45, 7) is 21.9. The Kier molecular flexibility index (Phi) is 11.2. The fourth-order valence-electron chi connectivity index (χ4n) is 12.4. The van der Waals surface area contributed by atoms with Gasteiger partial charge in [-0.05, 0) is 142 Å². The van der Waals surface area contributed by atoms with Gasteiger partial charge in [-0.3, -0.25) is 0 Å². The van der Waals surface area contributed by atoms with Crippen LogP contribution < -0.4 is 9.80 Å². The lowest BCUT2D eigenvalue weighted by Gasteiger charge is -2.37. The quantitative estimate of drug-likeness (QED) is 0.166. The molecule has 0 radical (unpaired) electrons. The minimum absolute atomic E-state index is 0.283. The normalized spacial score (nSPS) is 13.5. The molecular formula is C70H62N2O2. The topological polar surface area (TPSA) is 32.8 Å². The molecule has 0 bridgehead atoms. The molecule has 4 heteroatoms. The van der Waals surface area contributed by atoms with Crippen LogP contribution in [-0.4, -0.2) is 0 Å². The van der Waals surface area contributed by atoms with Crippen LogP contribution in [0.3, 0.4) is 0 Å². The van der Waals surface area contributed by atoms with Gasteiger partial charge in [-0.25, -0.2) is 0 Å². The lowest BCUT2D eigenvalue weighted by molar-refractivity contribution is 0.639. The highest BCUT2D eigenvalue weighted by atomic mass is 16.3. The summed E-state index contributed by atoms with van der Waals surface area (Å²) in [5.41, 5.74) is 22.3. The van der Waals surface area contributed by atoms with Crippen molar-refractivity contribution in [3.05, 3.63) is 228 Å². The summed E-state index contributed by atoms with van der Waals surface area (Å²) in [6, 6.07) is 71.2. The maximum Gasteiger partial charge on any atom is 0.159 e. The van der Waals surface area contributed by atoms with E-state index in [1.165, 1.54) is 55.3 Å². The highest BCUT2D eigenvalue weighted by Crippen LogP contribution is 2.58. The summed E-state index contributed by atoms with van der Waals surface area (Å²) >= 11 is 0. The van der Waals surface area contributed by atoms with Gasteiger partial charge in [0, 0.05) is 54.8 Å². The molecular weight excluding hydrogens is 901 g/mol. The van der Waals surface area contributed by atoms with Crippen molar-refractivity contribution in [1.82, 2.24) is 0 Å². The zero-order valence-electron chi connectivity index (χ0n) is 44.2. The fraction of sp³-hybridized carbons (Fsp3) is 0.171. The van der Waals surface area contributed by atoms with E-state index < -0.39 is 0 Å². The summed E-state index contributed by atoms with van der Waals surface area (Å²) in [5.74, 6) is 0. The maximum absolute atomic E-state index is 6.85. The lowest BCUT2D eigenvalue weighted by atomic mass is 9.67. The van der Waals surface area contributed by atoms with Crippen LogP contribution in [0.25, 0.3) is 76.9 Å². The van der Waals surface area contributed by atoms with Crippen molar-refractivity contribution < 1.29 is 8.83 Å². The van der Waals surface area contributed by atoms with Crippen LogP contribution >= 0.6 is 0 Å². The van der Waals surface area contributed by atoms with Gasteiger partial charge >= 0.3 is 0 Å². The number of hydrogen-bond donors (Lipinski definition) is 0. The molecule has 74 heavy (non-hydrogen) atoms. The van der Waals surface area contributed by atoms with E-state index in [1.54, 1.807) is 0 Å². The van der Waals surface area contributed by atoms with Crippen molar-refractivity contribution in [3.63, 3.8) is 0 Å². The van der Waals surface area contributed by atoms with Crippen LogP contribution in [0.5, 0.6) is 0 Å². The molecule has 0 saturated heterocycles. The second-order valence-corrected chi connectivity index (χ2v) is 20.5. The first kappa shape index (κ1) is 46.7. The lowest BCUT2D eigenvalue weighted by Crippen LogP contribution is -2.25. The molecule has 12 aromatic rings. The average Bonchev–Trinajstić information content (AvgIpc) is 4.11. The molecule has 10 aromatic carbocycles. The molecule has 2 aliphatic carbocycles. The molecule has 14 rings (SSSR count). The minimum Gasteiger partial charge on any atom is -0.454 e. The van der Waals surface area contributed by atoms with Crippen LogP contribution in [0.4, 0.5) is 34.1 Å². The number of furan rings is 2. The Morgan fingerprint density at radius 2 is 0.743 bits per heavy atom. The second-order valence-electron chi connectivity index (χ2n) is 20.5. The summed E-state index contributed by atoms with van der Waals surface area (Å²) in [4.78, 5) is 4.77. The number of nitrogens with zero attached hydrogens (tertiary/aromatic N) is 2. The first-order chi connectivity index (χ1) is 36.1. The van der Waals surface area contributed by atoms with Crippen molar-refractivity contribution in [2.75, 3.05) is 9.80 Å². The number of rotatable bonds is 6. The van der Waals surface area contributed by atoms with Crippen LogP contribution in [0, 0.1) is 13.8 Å². The predicted molar refractivity (Wildman–Crippen MR) is 315 cm³/mol. The molecule has 0 N–H and O–H groups in total. The Bertz CT molecular complexity index is 4150. The number of para-hydroxylation sites is 6. The Hall–Kier alpha value is -8.34. The van der Waals surface area contributed by atoms with Gasteiger partial charge in [0.2, 0.25) is 0 Å². The Balaban J connectivity index is 0.00000136. The van der Waals surface area contributed by atoms with E-state index in [-0.39, 0.29) is 10.8 Å². The third kappa shape index (κ3) is 6.80. The number of hydrogen-bond acceptors (Lipinski definition) is 4. The van der Waals surface area contributed by atoms with E-state index in [1.807, 2.05) is 27.7 Å². The SMILES string of the molecule is CC.CC.Cc1cccc2c1oc1c(N(c3ccccc3)c3ccc4c(c3)C(C)(C)c3cc5c(cc3-4)C(C)(C)c3cccc4c(N(c6ccccc6)c6cccc7c6oc6c(C)cccc67)ccc-5c34)cccc12. The highest BCUT2D eigenvalue weighted by molar-refractivity contribution is 6.15. The molecule has 2 aliphatic rings. The zero-order valence-corrected chi connectivity index (χ0v) is 44.2. The van der Waals surface area contributed by atoms with Gasteiger partial charge in [-0.2, -0.15) is 0 Å². The Morgan fingerprint density at radius 3 is 1.31 bits per heavy atom. The monoisotopic (exact) mass is 962 g/mol. The standard InChI is InChI=1S/C66H50N2O2.2C2H6/c1-39-18-13-24-46-48-26-16-30-58(63(48)69-61(39)46)67(41-20-9-7-10-21-41)43-32-33-44-51-37-56-52(38-55(51)66(5,6)54(44)36-43)45-34-35-57(50-28-15-29-53(60(45)50)65(56,3)4)68(42-22-11-8-12-23-42)59-31-17-27-49-47-25-14-19-40(2)62(47)70-64(49)59;2*1-2/h7-38H,1-6H3;2*1-2H3. The Morgan fingerprint density at radius 1 is 0.311 bits per heavy atom. The second kappa shape index (κ2) is 17.7. The summed E-state index contributed by atoms with van der Waals surface area (Å²) in [6.07, 6.45) is 0. The summed E-state index contributed by atoms with van der Waals surface area (Å²) in [7, 11) is 0. The predicted octanol–water partition coefficient (Wildman–Crippen LogP) is 20.9. The van der Waals surface area contributed by atoms with Crippen LogP contribution in [0.15, 0.2) is 203 Å². The van der Waals surface area contributed by atoms with Gasteiger partial charge < -0.3 is 18.6 Å². The van der Waals surface area contributed by atoms with Crippen LogP contribution in [0.2, 0.25) is 0 Å². The molecule has 0 spiro atoms. The van der Waals surface area contributed by atoms with Crippen molar-refractivity contribution in [2.24, 2.45) is 0 Å². The molecule has 0 aliphatic heterocycles. The van der Waals surface area contributed by atoms with Crippen molar-refractivity contribution in [1.29, 1.82) is 0 Å². The Labute approximate surface area is 435 Å². The first-order valence-corrected chi connectivity index (χ1v) is 26.5. The van der Waals surface area contributed by atoms with E-state index in [0.717, 1.165) is 89.1 Å². The van der Waals surface area contributed by atoms with Gasteiger partial charge in [0.25, 0.3) is 0 Å². The molecule has 2 aromatic heterocycles. The molecule has 4 nitrogen and oxygen atoms in total. The van der Waals surface area contributed by atoms with Gasteiger partial charge in [-0.15, -0.1) is 0 Å². The third-order valence-electron chi connectivity index (χ3n) is 15.9. The van der Waals surface area contributed by atoms with E-state index >= 15 is 0 Å².